The standard InChI is InChI=1S/C13H5BrF4N4O/c14-7-10(21-22-3-1-2-19-12(7)22)13(23)20-11-8(17)5(15)4-6(16)9(11)18/h1-4H,(H,20,23). The second-order valence-electron chi connectivity index (χ2n) is 4.35. The van der Waals surface area contributed by atoms with Gasteiger partial charge in [-0.2, -0.15) is 5.10 Å². The number of nitrogens with zero attached hydrogens (tertiary/aromatic N) is 3. The lowest BCUT2D eigenvalue weighted by Crippen LogP contribution is -2.17. The predicted octanol–water partition coefficient (Wildman–Crippen LogP) is 3.30. The summed E-state index contributed by atoms with van der Waals surface area (Å²) in [6, 6.07) is 1.60. The average Bonchev–Trinajstić information content (AvgIpc) is 2.87. The molecule has 0 bridgehead atoms. The summed E-state index contributed by atoms with van der Waals surface area (Å²) in [6.45, 7) is 0. The van der Waals surface area contributed by atoms with E-state index in [2.05, 4.69) is 26.0 Å². The zero-order valence-electron chi connectivity index (χ0n) is 10.9. The normalized spacial score (nSPS) is 11.0. The molecule has 5 nitrogen and oxygen atoms in total. The van der Waals surface area contributed by atoms with Crippen molar-refractivity contribution in [2.75, 3.05) is 5.32 Å². The number of aromatic nitrogens is 3. The minimum absolute atomic E-state index is 0.0467. The van der Waals surface area contributed by atoms with E-state index in [9.17, 15) is 22.4 Å². The largest absolute Gasteiger partial charge is 0.315 e. The number of hydrogen-bond donors (Lipinski definition) is 1. The molecule has 0 aliphatic rings. The summed E-state index contributed by atoms with van der Waals surface area (Å²) in [7, 11) is 0. The summed E-state index contributed by atoms with van der Waals surface area (Å²) in [4.78, 5) is 16.1. The van der Waals surface area contributed by atoms with Crippen LogP contribution in [-0.4, -0.2) is 20.5 Å². The monoisotopic (exact) mass is 388 g/mol. The van der Waals surface area contributed by atoms with E-state index >= 15 is 0 Å². The lowest BCUT2D eigenvalue weighted by atomic mass is 10.2. The number of halogens is 5. The van der Waals surface area contributed by atoms with E-state index in [1.54, 1.807) is 11.4 Å². The van der Waals surface area contributed by atoms with E-state index in [-0.39, 0.29) is 21.9 Å². The van der Waals surface area contributed by atoms with Crippen LogP contribution in [0.15, 0.2) is 29.0 Å². The van der Waals surface area contributed by atoms with Gasteiger partial charge < -0.3 is 5.32 Å². The van der Waals surface area contributed by atoms with Crippen molar-refractivity contribution in [3.8, 4) is 0 Å². The van der Waals surface area contributed by atoms with Gasteiger partial charge >= 0.3 is 0 Å². The first-order valence-corrected chi connectivity index (χ1v) is 6.82. The first-order valence-electron chi connectivity index (χ1n) is 6.03. The maximum Gasteiger partial charge on any atom is 0.277 e. The molecular formula is C13H5BrF4N4O. The van der Waals surface area contributed by atoms with Crippen molar-refractivity contribution in [2.45, 2.75) is 0 Å². The molecule has 0 spiro atoms. The molecule has 0 unspecified atom stereocenters. The fraction of sp³-hybridized carbons (Fsp3) is 0. The summed E-state index contributed by atoms with van der Waals surface area (Å²) in [5, 5.41) is 5.65. The fourth-order valence-electron chi connectivity index (χ4n) is 1.86. The molecule has 0 saturated heterocycles. The molecule has 1 N–H and O–H groups in total. The number of fused-ring (bicyclic) bond motifs is 1. The predicted molar refractivity (Wildman–Crippen MR) is 74.9 cm³/mol. The number of amides is 1. The highest BCUT2D eigenvalue weighted by atomic mass is 79.9. The van der Waals surface area contributed by atoms with Gasteiger partial charge in [0.1, 0.15) is 5.69 Å². The van der Waals surface area contributed by atoms with Crippen molar-refractivity contribution in [3.05, 3.63) is 58.0 Å². The fourth-order valence-corrected chi connectivity index (χ4v) is 2.40. The SMILES string of the molecule is O=C(Nc1c(F)c(F)cc(F)c1F)c1nn2cccnc2c1Br. The summed E-state index contributed by atoms with van der Waals surface area (Å²) < 4.78 is 54.9. The van der Waals surface area contributed by atoms with E-state index in [1.807, 2.05) is 0 Å². The first kappa shape index (κ1) is 15.4. The third-order valence-corrected chi connectivity index (χ3v) is 3.63. The smallest absolute Gasteiger partial charge is 0.277 e. The maximum absolute atomic E-state index is 13.6. The van der Waals surface area contributed by atoms with Crippen LogP contribution in [0.3, 0.4) is 0 Å². The lowest BCUT2D eigenvalue weighted by Gasteiger charge is -2.07. The molecule has 1 amide bonds. The first-order chi connectivity index (χ1) is 10.9. The van der Waals surface area contributed by atoms with Crippen LogP contribution < -0.4 is 5.32 Å². The Hall–Kier alpha value is -2.49. The van der Waals surface area contributed by atoms with Gasteiger partial charge in [-0.15, -0.1) is 0 Å². The van der Waals surface area contributed by atoms with Gasteiger partial charge in [-0.05, 0) is 22.0 Å². The van der Waals surface area contributed by atoms with Crippen LogP contribution in [0.2, 0.25) is 0 Å². The molecule has 2 heterocycles. The number of carbonyl (C=O) groups is 1. The highest BCUT2D eigenvalue weighted by molar-refractivity contribution is 9.10. The molecule has 0 aliphatic heterocycles. The molecule has 3 aromatic rings. The number of rotatable bonds is 2. The topological polar surface area (TPSA) is 59.3 Å². The Morgan fingerprint density at radius 3 is 2.43 bits per heavy atom. The van der Waals surface area contributed by atoms with Crippen molar-refractivity contribution in [3.63, 3.8) is 0 Å². The molecule has 0 aliphatic carbocycles. The quantitative estimate of drug-likeness (QED) is 0.541. The number of anilines is 1. The van der Waals surface area contributed by atoms with Crippen molar-refractivity contribution in [2.24, 2.45) is 0 Å². The van der Waals surface area contributed by atoms with Gasteiger partial charge in [0.05, 0.1) is 4.47 Å². The summed E-state index contributed by atoms with van der Waals surface area (Å²) in [5.41, 5.74) is -1.21. The molecular weight excluding hydrogens is 384 g/mol. The Labute approximate surface area is 134 Å². The third kappa shape index (κ3) is 2.54. The van der Waals surface area contributed by atoms with E-state index in [4.69, 9.17) is 0 Å². The summed E-state index contributed by atoms with van der Waals surface area (Å²) >= 11 is 3.09. The van der Waals surface area contributed by atoms with E-state index < -0.39 is 34.9 Å². The van der Waals surface area contributed by atoms with E-state index in [1.165, 1.54) is 16.9 Å². The van der Waals surface area contributed by atoms with Crippen LogP contribution in [0.4, 0.5) is 23.2 Å². The molecule has 0 fully saturated rings. The van der Waals surface area contributed by atoms with Crippen molar-refractivity contribution >= 4 is 33.2 Å². The molecule has 23 heavy (non-hydrogen) atoms. The molecule has 0 radical (unpaired) electrons. The molecule has 2 aromatic heterocycles. The molecule has 3 rings (SSSR count). The zero-order chi connectivity index (χ0) is 16.7. The Kier molecular flexibility index (Phi) is 3.76. The summed E-state index contributed by atoms with van der Waals surface area (Å²) in [5.74, 6) is -7.75. The lowest BCUT2D eigenvalue weighted by molar-refractivity contribution is 0.102. The van der Waals surface area contributed by atoms with Crippen LogP contribution in [-0.2, 0) is 0 Å². The van der Waals surface area contributed by atoms with Crippen LogP contribution >= 0.6 is 15.9 Å². The molecule has 0 atom stereocenters. The van der Waals surface area contributed by atoms with E-state index in [0.717, 1.165) is 0 Å². The van der Waals surface area contributed by atoms with Gasteiger partial charge in [0, 0.05) is 18.5 Å². The number of carbonyl (C=O) groups excluding carboxylic acids is 1. The third-order valence-electron chi connectivity index (χ3n) is 2.90. The second kappa shape index (κ2) is 5.61. The number of nitrogens with one attached hydrogen (secondary N) is 1. The highest BCUT2D eigenvalue weighted by Gasteiger charge is 2.24. The van der Waals surface area contributed by atoms with Crippen LogP contribution in [0.25, 0.3) is 5.65 Å². The van der Waals surface area contributed by atoms with Crippen molar-refractivity contribution in [1.29, 1.82) is 0 Å². The van der Waals surface area contributed by atoms with Gasteiger partial charge in [0.2, 0.25) is 0 Å². The van der Waals surface area contributed by atoms with Crippen LogP contribution in [0.1, 0.15) is 10.5 Å². The van der Waals surface area contributed by atoms with Crippen molar-refractivity contribution in [1.82, 2.24) is 14.6 Å². The highest BCUT2D eigenvalue weighted by Crippen LogP contribution is 2.26. The van der Waals surface area contributed by atoms with Crippen molar-refractivity contribution < 1.29 is 22.4 Å². The van der Waals surface area contributed by atoms with Crippen LogP contribution in [0.5, 0.6) is 0 Å². The Bertz CT molecular complexity index is 917. The van der Waals surface area contributed by atoms with Gasteiger partial charge in [0.15, 0.2) is 34.6 Å². The molecule has 118 valence electrons. The molecule has 0 saturated carbocycles. The molecule has 10 heteroatoms. The van der Waals surface area contributed by atoms with Gasteiger partial charge in [-0.1, -0.05) is 0 Å². The minimum atomic E-state index is -1.71. The van der Waals surface area contributed by atoms with E-state index in [0.29, 0.717) is 0 Å². The van der Waals surface area contributed by atoms with Gasteiger partial charge in [-0.25, -0.2) is 27.1 Å². The maximum atomic E-state index is 13.6. The Balaban J connectivity index is 2.03. The average molecular weight is 389 g/mol. The Morgan fingerprint density at radius 2 is 1.83 bits per heavy atom. The molecule has 1 aromatic carbocycles. The number of benzene rings is 1. The summed E-state index contributed by atoms with van der Waals surface area (Å²) in [6.07, 6.45) is 2.94. The van der Waals surface area contributed by atoms with Gasteiger partial charge in [0.25, 0.3) is 5.91 Å². The number of hydrogen-bond acceptors (Lipinski definition) is 3. The van der Waals surface area contributed by atoms with Gasteiger partial charge in [-0.3, -0.25) is 4.79 Å². The minimum Gasteiger partial charge on any atom is -0.315 e. The zero-order valence-corrected chi connectivity index (χ0v) is 12.5. The second-order valence-corrected chi connectivity index (χ2v) is 5.14. The van der Waals surface area contributed by atoms with Crippen LogP contribution in [0, 0.1) is 23.3 Å². The Morgan fingerprint density at radius 1 is 1.17 bits per heavy atom.